The lowest BCUT2D eigenvalue weighted by atomic mass is 10.0. The normalized spacial score (nSPS) is 17.9. The lowest BCUT2D eigenvalue weighted by Crippen LogP contribution is -2.28. The van der Waals surface area contributed by atoms with Gasteiger partial charge in [0.2, 0.25) is 0 Å². The Bertz CT molecular complexity index is 567. The van der Waals surface area contributed by atoms with E-state index in [1.165, 1.54) is 22.6 Å². The van der Waals surface area contributed by atoms with Gasteiger partial charge >= 0.3 is 0 Å². The number of rotatable bonds is 5. The molecule has 1 atom stereocenters. The third-order valence-electron chi connectivity index (χ3n) is 3.71. The summed E-state index contributed by atoms with van der Waals surface area (Å²) in [5.41, 5.74) is 1.45. The SMILES string of the molecule is CCc1nncn1CCN[C@H]1CCSc2ccccc21. The van der Waals surface area contributed by atoms with E-state index in [0.717, 1.165) is 25.3 Å². The molecule has 0 unspecified atom stereocenters. The molecule has 1 aromatic heterocycles. The molecule has 2 heterocycles. The van der Waals surface area contributed by atoms with E-state index in [0.29, 0.717) is 6.04 Å². The van der Waals surface area contributed by atoms with Gasteiger partial charge in [-0.2, -0.15) is 0 Å². The van der Waals surface area contributed by atoms with Crippen LogP contribution in [0.4, 0.5) is 0 Å². The molecule has 0 fully saturated rings. The third-order valence-corrected chi connectivity index (χ3v) is 4.84. The summed E-state index contributed by atoms with van der Waals surface area (Å²) in [6.07, 6.45) is 3.96. The van der Waals surface area contributed by atoms with E-state index in [2.05, 4.69) is 51.3 Å². The molecule has 3 rings (SSSR count). The van der Waals surface area contributed by atoms with E-state index in [4.69, 9.17) is 0 Å². The van der Waals surface area contributed by atoms with Gasteiger partial charge in [0.05, 0.1) is 0 Å². The van der Waals surface area contributed by atoms with Crippen LogP contribution in [0.5, 0.6) is 0 Å². The number of hydrogen-bond acceptors (Lipinski definition) is 4. The predicted octanol–water partition coefficient (Wildman–Crippen LogP) is 2.67. The van der Waals surface area contributed by atoms with Gasteiger partial charge in [-0.05, 0) is 23.8 Å². The minimum absolute atomic E-state index is 0.481. The van der Waals surface area contributed by atoms with Crippen LogP contribution in [0.2, 0.25) is 0 Å². The molecule has 0 aliphatic carbocycles. The molecule has 1 aliphatic heterocycles. The Balaban J connectivity index is 1.60. The fraction of sp³-hybridized carbons (Fsp3) is 0.467. The number of nitrogens with one attached hydrogen (secondary N) is 1. The van der Waals surface area contributed by atoms with Gasteiger partial charge in [-0.1, -0.05) is 25.1 Å². The van der Waals surface area contributed by atoms with Crippen LogP contribution in [0.25, 0.3) is 0 Å². The first-order valence-electron chi connectivity index (χ1n) is 7.20. The van der Waals surface area contributed by atoms with Crippen LogP contribution < -0.4 is 5.32 Å². The Labute approximate surface area is 124 Å². The molecule has 0 radical (unpaired) electrons. The second-order valence-corrected chi connectivity index (χ2v) is 6.11. The Morgan fingerprint density at radius 2 is 2.30 bits per heavy atom. The Morgan fingerprint density at radius 3 is 3.20 bits per heavy atom. The highest BCUT2D eigenvalue weighted by Crippen LogP contribution is 2.35. The molecule has 0 spiro atoms. The summed E-state index contributed by atoms with van der Waals surface area (Å²) in [4.78, 5) is 1.43. The Morgan fingerprint density at radius 1 is 1.40 bits per heavy atom. The minimum Gasteiger partial charge on any atom is -0.316 e. The number of nitrogens with zero attached hydrogens (tertiary/aromatic N) is 3. The van der Waals surface area contributed by atoms with Crippen LogP contribution in [0.15, 0.2) is 35.5 Å². The van der Waals surface area contributed by atoms with Crippen LogP contribution in [0.1, 0.15) is 30.8 Å². The van der Waals surface area contributed by atoms with Gasteiger partial charge in [0.1, 0.15) is 12.2 Å². The van der Waals surface area contributed by atoms with Gasteiger partial charge in [0.25, 0.3) is 0 Å². The molecular weight excluding hydrogens is 268 g/mol. The monoisotopic (exact) mass is 288 g/mol. The highest BCUT2D eigenvalue weighted by Gasteiger charge is 2.19. The molecule has 0 saturated carbocycles. The van der Waals surface area contributed by atoms with Gasteiger partial charge in [0.15, 0.2) is 0 Å². The second kappa shape index (κ2) is 6.41. The van der Waals surface area contributed by atoms with Gasteiger partial charge in [-0.25, -0.2) is 0 Å². The van der Waals surface area contributed by atoms with Gasteiger partial charge in [-0.15, -0.1) is 22.0 Å². The maximum Gasteiger partial charge on any atom is 0.132 e. The van der Waals surface area contributed by atoms with Crippen molar-refractivity contribution < 1.29 is 0 Å². The first-order valence-corrected chi connectivity index (χ1v) is 8.19. The Kier molecular flexibility index (Phi) is 4.38. The lowest BCUT2D eigenvalue weighted by Gasteiger charge is -2.26. The summed E-state index contributed by atoms with van der Waals surface area (Å²) in [6, 6.07) is 9.21. The first-order chi connectivity index (χ1) is 9.88. The zero-order chi connectivity index (χ0) is 13.8. The lowest BCUT2D eigenvalue weighted by molar-refractivity contribution is 0.481. The topological polar surface area (TPSA) is 42.7 Å². The van der Waals surface area contributed by atoms with Gasteiger partial charge < -0.3 is 9.88 Å². The van der Waals surface area contributed by atoms with E-state index in [1.54, 1.807) is 0 Å². The van der Waals surface area contributed by atoms with Crippen molar-refractivity contribution in [2.45, 2.75) is 37.2 Å². The van der Waals surface area contributed by atoms with Crippen molar-refractivity contribution in [1.82, 2.24) is 20.1 Å². The quantitative estimate of drug-likeness (QED) is 0.918. The Hall–Kier alpha value is -1.33. The van der Waals surface area contributed by atoms with Crippen LogP contribution in [-0.4, -0.2) is 27.1 Å². The van der Waals surface area contributed by atoms with E-state index >= 15 is 0 Å². The molecule has 1 N–H and O–H groups in total. The fourth-order valence-electron chi connectivity index (χ4n) is 2.65. The number of aryl methyl sites for hydroxylation is 1. The van der Waals surface area contributed by atoms with Crippen molar-refractivity contribution >= 4 is 11.8 Å². The van der Waals surface area contributed by atoms with Crippen molar-refractivity contribution in [2.75, 3.05) is 12.3 Å². The fourth-order valence-corrected chi connectivity index (χ4v) is 3.78. The number of fused-ring (bicyclic) bond motifs is 1. The molecule has 0 saturated heterocycles. The molecule has 1 aliphatic rings. The molecule has 1 aromatic carbocycles. The third kappa shape index (κ3) is 2.88. The van der Waals surface area contributed by atoms with Crippen molar-refractivity contribution in [1.29, 1.82) is 0 Å². The molecule has 5 heteroatoms. The van der Waals surface area contributed by atoms with E-state index in [-0.39, 0.29) is 0 Å². The number of thioether (sulfide) groups is 1. The van der Waals surface area contributed by atoms with Gasteiger partial charge in [-0.3, -0.25) is 0 Å². The average molecular weight is 288 g/mol. The van der Waals surface area contributed by atoms with Crippen LogP contribution in [0, 0.1) is 0 Å². The van der Waals surface area contributed by atoms with Crippen molar-refractivity contribution in [3.8, 4) is 0 Å². The van der Waals surface area contributed by atoms with Crippen LogP contribution in [-0.2, 0) is 13.0 Å². The standard InChI is InChI=1S/C15H20N4S/c1-2-15-18-17-11-19(15)9-8-16-13-7-10-20-14-6-4-3-5-12(13)14/h3-6,11,13,16H,2,7-10H2,1H3/t13-/m0/s1. The molecule has 20 heavy (non-hydrogen) atoms. The van der Waals surface area contributed by atoms with Gasteiger partial charge in [0, 0.05) is 30.4 Å². The molecule has 0 bridgehead atoms. The first kappa shape index (κ1) is 13.6. The molecular formula is C15H20N4S. The summed E-state index contributed by atoms with van der Waals surface area (Å²) in [7, 11) is 0. The summed E-state index contributed by atoms with van der Waals surface area (Å²) < 4.78 is 2.14. The van der Waals surface area contributed by atoms with Crippen LogP contribution in [0.3, 0.4) is 0 Å². The van der Waals surface area contributed by atoms with E-state index < -0.39 is 0 Å². The summed E-state index contributed by atoms with van der Waals surface area (Å²) >= 11 is 1.96. The second-order valence-electron chi connectivity index (χ2n) is 4.98. The van der Waals surface area contributed by atoms with Crippen LogP contribution >= 0.6 is 11.8 Å². The smallest absolute Gasteiger partial charge is 0.132 e. The maximum atomic E-state index is 4.12. The highest BCUT2D eigenvalue weighted by atomic mass is 32.2. The summed E-state index contributed by atoms with van der Waals surface area (Å²) in [5.74, 6) is 2.26. The minimum atomic E-state index is 0.481. The van der Waals surface area contributed by atoms with Crippen molar-refractivity contribution in [3.63, 3.8) is 0 Å². The molecule has 106 valence electrons. The summed E-state index contributed by atoms with van der Waals surface area (Å²) in [5, 5.41) is 11.8. The maximum absolute atomic E-state index is 4.12. The van der Waals surface area contributed by atoms with E-state index in [9.17, 15) is 0 Å². The van der Waals surface area contributed by atoms with Crippen molar-refractivity contribution in [3.05, 3.63) is 42.0 Å². The molecule has 2 aromatic rings. The largest absolute Gasteiger partial charge is 0.316 e. The van der Waals surface area contributed by atoms with Crippen molar-refractivity contribution in [2.24, 2.45) is 0 Å². The number of hydrogen-bond donors (Lipinski definition) is 1. The summed E-state index contributed by atoms with van der Waals surface area (Å²) in [6.45, 7) is 4.00. The molecule has 0 amide bonds. The average Bonchev–Trinajstić information content (AvgIpc) is 2.95. The zero-order valence-corrected chi connectivity index (χ0v) is 12.6. The number of benzene rings is 1. The molecule has 4 nitrogen and oxygen atoms in total. The van der Waals surface area contributed by atoms with E-state index in [1.807, 2.05) is 18.1 Å². The zero-order valence-electron chi connectivity index (χ0n) is 11.7. The highest BCUT2D eigenvalue weighted by molar-refractivity contribution is 7.99. The number of aromatic nitrogens is 3. The predicted molar refractivity (Wildman–Crippen MR) is 81.9 cm³/mol.